The minimum Gasteiger partial charge on any atom is -0.386 e. The van der Waals surface area contributed by atoms with Crippen molar-refractivity contribution < 1.29 is 14.6 Å². The van der Waals surface area contributed by atoms with Gasteiger partial charge in [-0.05, 0) is 19.8 Å². The Bertz CT molecular complexity index is 204. The lowest BCUT2D eigenvalue weighted by Crippen LogP contribution is -2.43. The van der Waals surface area contributed by atoms with E-state index >= 15 is 0 Å². The molecule has 88 valence electrons. The SMILES string of the molecule is CC1CCC(CNCC2(O)CCOC2)O1. The highest BCUT2D eigenvalue weighted by Gasteiger charge is 2.32. The first-order valence-corrected chi connectivity index (χ1v) is 5.84. The van der Waals surface area contributed by atoms with E-state index in [-0.39, 0.29) is 0 Å². The lowest BCUT2D eigenvalue weighted by atomic mass is 10.0. The summed E-state index contributed by atoms with van der Waals surface area (Å²) in [6.07, 6.45) is 3.74. The first kappa shape index (κ1) is 11.3. The van der Waals surface area contributed by atoms with Crippen LogP contribution < -0.4 is 5.32 Å². The number of hydrogen-bond acceptors (Lipinski definition) is 4. The Kier molecular flexibility index (Phi) is 3.61. The fraction of sp³-hybridized carbons (Fsp3) is 1.00. The molecule has 15 heavy (non-hydrogen) atoms. The topological polar surface area (TPSA) is 50.7 Å². The molecular formula is C11H21NO3. The molecule has 0 saturated carbocycles. The Balaban J connectivity index is 1.62. The molecule has 2 fully saturated rings. The summed E-state index contributed by atoms with van der Waals surface area (Å²) in [5, 5.41) is 13.3. The zero-order valence-electron chi connectivity index (χ0n) is 9.37. The Hall–Kier alpha value is -0.160. The molecule has 0 spiro atoms. The van der Waals surface area contributed by atoms with E-state index in [2.05, 4.69) is 12.2 Å². The summed E-state index contributed by atoms with van der Waals surface area (Å²) in [5.41, 5.74) is -0.649. The van der Waals surface area contributed by atoms with Crippen LogP contribution in [0.5, 0.6) is 0 Å². The molecule has 3 unspecified atom stereocenters. The van der Waals surface area contributed by atoms with E-state index in [9.17, 15) is 5.11 Å². The molecule has 4 heteroatoms. The lowest BCUT2D eigenvalue weighted by molar-refractivity contribution is 0.0186. The fourth-order valence-corrected chi connectivity index (χ4v) is 2.24. The van der Waals surface area contributed by atoms with Crippen molar-refractivity contribution in [3.05, 3.63) is 0 Å². The third kappa shape index (κ3) is 3.14. The normalized spacial score (nSPS) is 41.2. The molecular weight excluding hydrogens is 194 g/mol. The van der Waals surface area contributed by atoms with E-state index in [0.29, 0.717) is 32.0 Å². The summed E-state index contributed by atoms with van der Waals surface area (Å²) in [6, 6.07) is 0. The highest BCUT2D eigenvalue weighted by atomic mass is 16.5. The van der Waals surface area contributed by atoms with Crippen molar-refractivity contribution in [2.24, 2.45) is 0 Å². The van der Waals surface area contributed by atoms with Crippen LogP contribution in [0.1, 0.15) is 26.2 Å². The van der Waals surface area contributed by atoms with Gasteiger partial charge in [-0.25, -0.2) is 0 Å². The highest BCUT2D eigenvalue weighted by Crippen LogP contribution is 2.19. The summed E-state index contributed by atoms with van der Waals surface area (Å²) in [4.78, 5) is 0. The molecule has 0 radical (unpaired) electrons. The molecule has 2 saturated heterocycles. The molecule has 2 aliphatic heterocycles. The number of aliphatic hydroxyl groups is 1. The minimum absolute atomic E-state index is 0.325. The molecule has 2 N–H and O–H groups in total. The van der Waals surface area contributed by atoms with Crippen LogP contribution in [0.25, 0.3) is 0 Å². The van der Waals surface area contributed by atoms with Gasteiger partial charge < -0.3 is 19.9 Å². The Morgan fingerprint density at radius 1 is 1.47 bits per heavy atom. The van der Waals surface area contributed by atoms with Crippen molar-refractivity contribution in [2.75, 3.05) is 26.3 Å². The molecule has 3 atom stereocenters. The minimum atomic E-state index is -0.649. The van der Waals surface area contributed by atoms with Gasteiger partial charge in [0, 0.05) is 26.1 Å². The molecule has 2 heterocycles. The largest absolute Gasteiger partial charge is 0.386 e. The van der Waals surface area contributed by atoms with Crippen molar-refractivity contribution in [3.63, 3.8) is 0 Å². The molecule has 4 nitrogen and oxygen atoms in total. The van der Waals surface area contributed by atoms with E-state index < -0.39 is 5.60 Å². The van der Waals surface area contributed by atoms with Gasteiger partial charge in [0.15, 0.2) is 0 Å². The summed E-state index contributed by atoms with van der Waals surface area (Å²) >= 11 is 0. The van der Waals surface area contributed by atoms with Crippen LogP contribution in [0.3, 0.4) is 0 Å². The van der Waals surface area contributed by atoms with E-state index in [1.165, 1.54) is 0 Å². The van der Waals surface area contributed by atoms with Crippen molar-refractivity contribution in [1.29, 1.82) is 0 Å². The average Bonchev–Trinajstić information content (AvgIpc) is 2.76. The monoisotopic (exact) mass is 215 g/mol. The van der Waals surface area contributed by atoms with E-state index in [4.69, 9.17) is 9.47 Å². The van der Waals surface area contributed by atoms with Gasteiger partial charge in [0.05, 0.1) is 18.8 Å². The number of ether oxygens (including phenoxy) is 2. The van der Waals surface area contributed by atoms with E-state index in [0.717, 1.165) is 25.8 Å². The number of hydrogen-bond donors (Lipinski definition) is 2. The fourth-order valence-electron chi connectivity index (χ4n) is 2.24. The van der Waals surface area contributed by atoms with Gasteiger partial charge in [0.1, 0.15) is 5.60 Å². The molecule has 0 amide bonds. The third-order valence-corrected chi connectivity index (χ3v) is 3.23. The molecule has 2 rings (SSSR count). The molecule has 0 aliphatic carbocycles. The van der Waals surface area contributed by atoms with Crippen molar-refractivity contribution >= 4 is 0 Å². The number of rotatable bonds is 4. The van der Waals surface area contributed by atoms with Crippen molar-refractivity contribution in [2.45, 2.75) is 44.0 Å². The van der Waals surface area contributed by atoms with Gasteiger partial charge in [-0.2, -0.15) is 0 Å². The van der Waals surface area contributed by atoms with Crippen molar-refractivity contribution in [1.82, 2.24) is 5.32 Å². The Morgan fingerprint density at radius 2 is 2.33 bits per heavy atom. The summed E-state index contributed by atoms with van der Waals surface area (Å²) in [7, 11) is 0. The van der Waals surface area contributed by atoms with Crippen molar-refractivity contribution in [3.8, 4) is 0 Å². The Morgan fingerprint density at radius 3 is 2.93 bits per heavy atom. The summed E-state index contributed by atoms with van der Waals surface area (Å²) < 4.78 is 10.9. The van der Waals surface area contributed by atoms with E-state index in [1.807, 2.05) is 0 Å². The first-order valence-electron chi connectivity index (χ1n) is 5.84. The maximum Gasteiger partial charge on any atom is 0.102 e. The standard InChI is InChI=1S/C11H21NO3/c1-9-2-3-10(15-9)6-12-7-11(13)4-5-14-8-11/h9-10,12-13H,2-8H2,1H3. The molecule has 2 aliphatic rings. The first-order chi connectivity index (χ1) is 7.18. The molecule has 0 bridgehead atoms. The second kappa shape index (κ2) is 4.78. The predicted octanol–water partition coefficient (Wildman–Crippen LogP) is 0.295. The lowest BCUT2D eigenvalue weighted by Gasteiger charge is -2.22. The van der Waals surface area contributed by atoms with E-state index in [1.54, 1.807) is 0 Å². The van der Waals surface area contributed by atoms with Gasteiger partial charge in [-0.1, -0.05) is 0 Å². The average molecular weight is 215 g/mol. The molecule has 0 aromatic rings. The predicted molar refractivity (Wildman–Crippen MR) is 56.8 cm³/mol. The van der Waals surface area contributed by atoms with Gasteiger partial charge >= 0.3 is 0 Å². The number of nitrogens with one attached hydrogen (secondary N) is 1. The van der Waals surface area contributed by atoms with Gasteiger partial charge in [0.25, 0.3) is 0 Å². The van der Waals surface area contributed by atoms with Crippen LogP contribution in [0.2, 0.25) is 0 Å². The van der Waals surface area contributed by atoms with Crippen LogP contribution in [0.4, 0.5) is 0 Å². The van der Waals surface area contributed by atoms with Gasteiger partial charge in [-0.15, -0.1) is 0 Å². The molecule has 0 aromatic heterocycles. The van der Waals surface area contributed by atoms with Gasteiger partial charge in [0.2, 0.25) is 0 Å². The van der Waals surface area contributed by atoms with Gasteiger partial charge in [-0.3, -0.25) is 0 Å². The summed E-state index contributed by atoms with van der Waals surface area (Å²) in [5.74, 6) is 0. The maximum absolute atomic E-state index is 9.99. The smallest absolute Gasteiger partial charge is 0.102 e. The van der Waals surface area contributed by atoms with Crippen LogP contribution >= 0.6 is 0 Å². The van der Waals surface area contributed by atoms with Crippen LogP contribution in [0, 0.1) is 0 Å². The van der Waals surface area contributed by atoms with Crippen LogP contribution in [0.15, 0.2) is 0 Å². The maximum atomic E-state index is 9.99. The molecule has 0 aromatic carbocycles. The third-order valence-electron chi connectivity index (χ3n) is 3.23. The van der Waals surface area contributed by atoms with Crippen LogP contribution in [-0.4, -0.2) is 49.2 Å². The quantitative estimate of drug-likeness (QED) is 0.708. The zero-order valence-corrected chi connectivity index (χ0v) is 9.37. The Labute approximate surface area is 90.9 Å². The summed E-state index contributed by atoms with van der Waals surface area (Å²) in [6.45, 7) is 4.70. The van der Waals surface area contributed by atoms with Crippen LogP contribution in [-0.2, 0) is 9.47 Å². The second-order valence-electron chi connectivity index (χ2n) is 4.80. The zero-order chi connectivity index (χ0) is 10.7. The second-order valence-corrected chi connectivity index (χ2v) is 4.80. The highest BCUT2D eigenvalue weighted by molar-refractivity contribution is 4.85.